The first-order valence-corrected chi connectivity index (χ1v) is 5.31. The normalized spacial score (nSPS) is 13.2. The summed E-state index contributed by atoms with van der Waals surface area (Å²) >= 11 is -1.17. The second-order valence-electron chi connectivity index (χ2n) is 3.30. The fraction of sp³-hybridized carbons (Fsp3) is 0.333. The van der Waals surface area contributed by atoms with Crippen LogP contribution < -0.4 is 0 Å². The molecule has 2 nitrogen and oxygen atoms in total. The molecule has 0 aromatic carbocycles. The first-order valence-electron chi connectivity index (χ1n) is 4.49. The summed E-state index contributed by atoms with van der Waals surface area (Å²) < 4.78 is 99.3. The lowest BCUT2D eigenvalue weighted by Gasteiger charge is -2.22. The quantitative estimate of drug-likeness (QED) is 0.604. The molecule has 0 spiro atoms. The minimum absolute atomic E-state index is 0.0832. The Hall–Kier alpha value is -1.57. The summed E-state index contributed by atoms with van der Waals surface area (Å²) in [5.74, 6) is -5.51. The number of aromatic nitrogens is 1. The Morgan fingerprint density at radius 2 is 1.60 bits per heavy atom. The van der Waals surface area contributed by atoms with Gasteiger partial charge in [0.25, 0.3) is 0 Å². The van der Waals surface area contributed by atoms with E-state index in [1.54, 1.807) is 0 Å². The molecule has 1 heterocycles. The second kappa shape index (κ2) is 5.08. The summed E-state index contributed by atoms with van der Waals surface area (Å²) in [6, 6.07) is 1.48. The molecule has 0 radical (unpaired) electrons. The van der Waals surface area contributed by atoms with Crippen LogP contribution >= 0.6 is 11.8 Å². The van der Waals surface area contributed by atoms with E-state index in [9.17, 15) is 35.1 Å². The maximum absolute atomic E-state index is 13.1. The maximum Gasteiger partial charge on any atom is 0.458 e. The van der Waals surface area contributed by atoms with Crippen molar-refractivity contribution in [1.82, 2.24) is 4.98 Å². The Balaban J connectivity index is 3.44. The Kier molecular flexibility index (Phi) is 4.19. The van der Waals surface area contributed by atoms with Crippen LogP contribution in [0.1, 0.15) is 11.3 Å². The van der Waals surface area contributed by atoms with Crippen molar-refractivity contribution in [2.45, 2.75) is 22.5 Å². The first-order chi connectivity index (χ1) is 8.88. The van der Waals surface area contributed by atoms with Crippen LogP contribution in [0.25, 0.3) is 0 Å². The summed E-state index contributed by atoms with van der Waals surface area (Å²) in [7, 11) is 0. The highest BCUT2D eigenvalue weighted by Crippen LogP contribution is 2.49. The van der Waals surface area contributed by atoms with Gasteiger partial charge in [-0.3, -0.25) is 0 Å². The molecule has 0 bridgehead atoms. The van der Waals surface area contributed by atoms with Gasteiger partial charge in [0, 0.05) is 11.1 Å². The van der Waals surface area contributed by atoms with Gasteiger partial charge in [-0.1, -0.05) is 0 Å². The minimum atomic E-state index is -6.08. The van der Waals surface area contributed by atoms with Crippen molar-refractivity contribution in [3.63, 3.8) is 0 Å². The molecule has 11 heteroatoms. The van der Waals surface area contributed by atoms with E-state index < -0.39 is 45.5 Å². The highest BCUT2D eigenvalue weighted by atomic mass is 32.2. The van der Waals surface area contributed by atoms with Crippen molar-refractivity contribution in [2.24, 2.45) is 0 Å². The van der Waals surface area contributed by atoms with E-state index in [0.717, 1.165) is 0 Å². The van der Waals surface area contributed by atoms with Crippen LogP contribution in [0.2, 0.25) is 0 Å². The van der Waals surface area contributed by atoms with Gasteiger partial charge < -0.3 is 0 Å². The van der Waals surface area contributed by atoms with Gasteiger partial charge in [0.1, 0.15) is 11.8 Å². The molecule has 0 unspecified atom stereocenters. The van der Waals surface area contributed by atoms with E-state index in [1.165, 1.54) is 6.07 Å². The molecule has 0 saturated carbocycles. The van der Waals surface area contributed by atoms with Crippen molar-refractivity contribution in [1.29, 1.82) is 5.26 Å². The van der Waals surface area contributed by atoms with Crippen molar-refractivity contribution in [3.05, 3.63) is 23.5 Å². The van der Waals surface area contributed by atoms with Crippen LogP contribution in [0.4, 0.5) is 35.1 Å². The fourth-order valence-electron chi connectivity index (χ4n) is 1.10. The SMILES string of the molecule is N#Cc1cc(SC(F)(F)F)c(C(F)(F)C(F)(F)F)cn1. The summed E-state index contributed by atoms with van der Waals surface area (Å²) in [6.07, 6.45) is -6.16. The average Bonchev–Trinajstić information content (AvgIpc) is 2.24. The predicted molar refractivity (Wildman–Crippen MR) is 50.8 cm³/mol. The Bertz CT molecular complexity index is 542. The average molecular weight is 322 g/mol. The topological polar surface area (TPSA) is 36.7 Å². The lowest BCUT2D eigenvalue weighted by atomic mass is 10.1. The van der Waals surface area contributed by atoms with Gasteiger partial charge in [-0.25, -0.2) is 4.98 Å². The number of hydrogen-bond donors (Lipinski definition) is 0. The smallest absolute Gasteiger partial charge is 0.245 e. The molecule has 0 atom stereocenters. The largest absolute Gasteiger partial charge is 0.458 e. The van der Waals surface area contributed by atoms with Crippen molar-refractivity contribution in [3.8, 4) is 6.07 Å². The van der Waals surface area contributed by atoms with Gasteiger partial charge in [0.15, 0.2) is 0 Å². The zero-order chi connectivity index (χ0) is 15.8. The molecule has 0 aliphatic heterocycles. The Morgan fingerprint density at radius 1 is 1.05 bits per heavy atom. The molecule has 0 aliphatic carbocycles. The number of pyridine rings is 1. The van der Waals surface area contributed by atoms with E-state index in [4.69, 9.17) is 5.26 Å². The summed E-state index contributed by atoms with van der Waals surface area (Å²) in [5, 5.41) is 8.40. The summed E-state index contributed by atoms with van der Waals surface area (Å²) in [6.45, 7) is 0. The third kappa shape index (κ3) is 3.50. The van der Waals surface area contributed by atoms with Gasteiger partial charge >= 0.3 is 17.6 Å². The zero-order valence-electron chi connectivity index (χ0n) is 8.98. The standard InChI is InChI=1S/C9H2F8N2S/c10-7(11,8(12,13)14)5-3-19-4(2-18)1-6(5)20-9(15,16)17/h1,3H. The van der Waals surface area contributed by atoms with Crippen molar-refractivity contribution < 1.29 is 35.1 Å². The zero-order valence-corrected chi connectivity index (χ0v) is 9.80. The molecule has 0 N–H and O–H groups in total. The number of nitrogens with zero attached hydrogens (tertiary/aromatic N) is 2. The lowest BCUT2D eigenvalue weighted by molar-refractivity contribution is -0.290. The molecular formula is C9H2F8N2S. The Morgan fingerprint density at radius 3 is 2.00 bits per heavy atom. The van der Waals surface area contributed by atoms with Crippen LogP contribution in [-0.2, 0) is 5.92 Å². The number of hydrogen-bond acceptors (Lipinski definition) is 3. The summed E-state index contributed by atoms with van der Waals surface area (Å²) in [5.41, 5.74) is -7.75. The number of alkyl halides is 8. The molecule has 0 aliphatic rings. The monoisotopic (exact) mass is 322 g/mol. The minimum Gasteiger partial charge on any atom is -0.245 e. The van der Waals surface area contributed by atoms with Crippen molar-refractivity contribution in [2.75, 3.05) is 0 Å². The molecule has 20 heavy (non-hydrogen) atoms. The molecule has 110 valence electrons. The third-order valence-electron chi connectivity index (χ3n) is 1.90. The van der Waals surface area contributed by atoms with Gasteiger partial charge in [-0.05, 0) is 17.8 Å². The molecule has 1 aromatic heterocycles. The number of rotatable bonds is 2. The maximum atomic E-state index is 13.1. The van der Waals surface area contributed by atoms with Gasteiger partial charge in [-0.2, -0.15) is 40.4 Å². The molecule has 0 fully saturated rings. The second-order valence-corrected chi connectivity index (χ2v) is 4.40. The first kappa shape index (κ1) is 16.5. The van der Waals surface area contributed by atoms with Crippen LogP contribution in [0.3, 0.4) is 0 Å². The van der Waals surface area contributed by atoms with Crippen LogP contribution in [-0.4, -0.2) is 16.7 Å². The number of thioether (sulfide) groups is 1. The van der Waals surface area contributed by atoms with E-state index in [-0.39, 0.29) is 12.3 Å². The van der Waals surface area contributed by atoms with Gasteiger partial charge in [-0.15, -0.1) is 0 Å². The highest BCUT2D eigenvalue weighted by molar-refractivity contribution is 8.00. The van der Waals surface area contributed by atoms with E-state index >= 15 is 0 Å². The van der Waals surface area contributed by atoms with Crippen LogP contribution in [0, 0.1) is 11.3 Å². The highest BCUT2D eigenvalue weighted by Gasteiger charge is 2.60. The van der Waals surface area contributed by atoms with Crippen LogP contribution in [0.5, 0.6) is 0 Å². The summed E-state index contributed by atoms with van der Waals surface area (Å²) in [4.78, 5) is 1.52. The van der Waals surface area contributed by atoms with E-state index in [0.29, 0.717) is 0 Å². The van der Waals surface area contributed by atoms with Crippen molar-refractivity contribution >= 4 is 11.8 Å². The van der Waals surface area contributed by atoms with E-state index in [2.05, 4.69) is 4.98 Å². The number of nitriles is 1. The number of halogens is 8. The third-order valence-corrected chi connectivity index (χ3v) is 2.69. The predicted octanol–water partition coefficient (Wildman–Crippen LogP) is 4.22. The van der Waals surface area contributed by atoms with Gasteiger partial charge in [0.05, 0.1) is 5.56 Å². The molecule has 1 aromatic rings. The fourth-order valence-corrected chi connectivity index (χ4v) is 1.81. The molecule has 1 rings (SSSR count). The molecule has 0 saturated heterocycles. The van der Waals surface area contributed by atoms with Gasteiger partial charge in [0.2, 0.25) is 0 Å². The molecular weight excluding hydrogens is 320 g/mol. The van der Waals surface area contributed by atoms with Crippen LogP contribution in [0.15, 0.2) is 17.2 Å². The Labute approximate surface area is 110 Å². The lowest BCUT2D eigenvalue weighted by Crippen LogP contribution is -2.34. The molecule has 0 amide bonds. The van der Waals surface area contributed by atoms with E-state index in [1.807, 2.05) is 0 Å².